The number of hydrogen-bond acceptors (Lipinski definition) is 7. The van der Waals surface area contributed by atoms with Gasteiger partial charge in [-0.25, -0.2) is 4.98 Å². The lowest BCUT2D eigenvalue weighted by molar-refractivity contribution is -0.132. The Labute approximate surface area is 211 Å². The van der Waals surface area contributed by atoms with E-state index in [4.69, 9.17) is 14.5 Å². The van der Waals surface area contributed by atoms with E-state index in [1.54, 1.807) is 18.2 Å². The van der Waals surface area contributed by atoms with E-state index in [0.29, 0.717) is 41.0 Å². The molecule has 4 aromatic rings. The number of carbonyl (C=O) groups excluding carboxylic acids is 2. The smallest absolute Gasteiger partial charge is 0.301 e. The van der Waals surface area contributed by atoms with E-state index in [1.807, 2.05) is 56.3 Å². The Morgan fingerprint density at radius 2 is 1.75 bits per heavy atom. The van der Waals surface area contributed by atoms with Gasteiger partial charge in [0.15, 0.2) is 16.6 Å². The van der Waals surface area contributed by atoms with Crippen molar-refractivity contribution in [2.75, 3.05) is 18.1 Å². The van der Waals surface area contributed by atoms with Gasteiger partial charge in [-0.15, -0.1) is 0 Å². The molecule has 36 heavy (non-hydrogen) atoms. The van der Waals surface area contributed by atoms with Gasteiger partial charge >= 0.3 is 5.91 Å². The molecule has 7 nitrogen and oxygen atoms in total. The highest BCUT2D eigenvalue weighted by Crippen LogP contribution is 2.45. The van der Waals surface area contributed by atoms with Crippen molar-refractivity contribution in [2.45, 2.75) is 19.9 Å². The summed E-state index contributed by atoms with van der Waals surface area (Å²) in [6, 6.07) is 17.4. The van der Waals surface area contributed by atoms with Crippen LogP contribution in [0.25, 0.3) is 16.0 Å². The average Bonchev–Trinajstić information content (AvgIpc) is 3.42. The van der Waals surface area contributed by atoms with Gasteiger partial charge in [0.2, 0.25) is 0 Å². The van der Waals surface area contributed by atoms with Crippen molar-refractivity contribution in [3.05, 3.63) is 88.5 Å². The fourth-order valence-corrected chi connectivity index (χ4v) is 5.96. The molecule has 0 aliphatic carbocycles. The van der Waals surface area contributed by atoms with Gasteiger partial charge in [-0.1, -0.05) is 47.7 Å². The van der Waals surface area contributed by atoms with Gasteiger partial charge in [-0.3, -0.25) is 14.5 Å². The number of hydrogen-bond donors (Lipinski definition) is 1. The summed E-state index contributed by atoms with van der Waals surface area (Å²) in [6.07, 6.45) is 0. The van der Waals surface area contributed by atoms with Crippen LogP contribution in [0.5, 0.6) is 11.5 Å². The van der Waals surface area contributed by atoms with E-state index >= 15 is 0 Å². The number of aliphatic hydroxyl groups excluding tert-OH is 1. The van der Waals surface area contributed by atoms with E-state index in [0.717, 1.165) is 21.3 Å². The lowest BCUT2D eigenvalue weighted by Crippen LogP contribution is -2.29. The van der Waals surface area contributed by atoms with Gasteiger partial charge in [-0.2, -0.15) is 0 Å². The number of carbonyl (C=O) groups is 2. The molecule has 1 fully saturated rings. The summed E-state index contributed by atoms with van der Waals surface area (Å²) in [5.74, 6) is -0.708. The van der Waals surface area contributed by atoms with Crippen LogP contribution in [0.2, 0.25) is 0 Å². The van der Waals surface area contributed by atoms with Crippen molar-refractivity contribution in [2.24, 2.45) is 0 Å². The standard InChI is InChI=1S/C28H22N2O5S/c1-15-12-16(2)23-21(13-15)36-28(29-23)30-24(17-6-4-3-5-7-17)22(26(32)27(30)33)25(31)18-8-9-19-20(14-18)35-11-10-34-19/h3-9,12-14,24,31H,10-11H2,1-2H3/t24-/m1/s1. The van der Waals surface area contributed by atoms with E-state index in [-0.39, 0.29) is 11.3 Å². The number of Topliss-reactive ketones (excluding diaryl/α,β-unsaturated/α-hetero) is 1. The van der Waals surface area contributed by atoms with Gasteiger partial charge in [0.1, 0.15) is 19.0 Å². The Balaban J connectivity index is 1.54. The molecule has 2 aliphatic heterocycles. The zero-order valence-corrected chi connectivity index (χ0v) is 20.5. The topological polar surface area (TPSA) is 89.0 Å². The van der Waals surface area contributed by atoms with Gasteiger partial charge < -0.3 is 14.6 Å². The molecule has 0 spiro atoms. The Bertz CT molecular complexity index is 1570. The SMILES string of the molecule is Cc1cc(C)c2nc(N3C(=O)C(=O)C(=C(O)c4ccc5c(c4)OCCO5)[C@H]3c3ccccc3)sc2c1. The maximum Gasteiger partial charge on any atom is 0.301 e. The predicted octanol–water partition coefficient (Wildman–Crippen LogP) is 5.31. The Morgan fingerprint density at radius 1 is 1.00 bits per heavy atom. The first kappa shape index (κ1) is 22.3. The van der Waals surface area contributed by atoms with Crippen molar-refractivity contribution in [1.29, 1.82) is 0 Å². The normalized spacial score (nSPS) is 18.7. The van der Waals surface area contributed by atoms with Crippen molar-refractivity contribution >= 4 is 44.1 Å². The van der Waals surface area contributed by atoms with Gasteiger partial charge in [0.05, 0.1) is 21.8 Å². The van der Waals surface area contributed by atoms with Crippen molar-refractivity contribution in [3.63, 3.8) is 0 Å². The van der Waals surface area contributed by atoms with Crippen molar-refractivity contribution in [1.82, 2.24) is 4.98 Å². The van der Waals surface area contributed by atoms with E-state index in [2.05, 4.69) is 0 Å². The molecule has 0 radical (unpaired) electrons. The number of ether oxygens (including phenoxy) is 2. The number of rotatable bonds is 3. The maximum atomic E-state index is 13.5. The molecule has 2 aliphatic rings. The number of benzene rings is 3. The second kappa shape index (κ2) is 8.49. The van der Waals surface area contributed by atoms with Crippen LogP contribution in [0.1, 0.15) is 28.3 Å². The van der Waals surface area contributed by atoms with Crippen LogP contribution < -0.4 is 14.4 Å². The number of nitrogens with zero attached hydrogens (tertiary/aromatic N) is 2. The summed E-state index contributed by atoms with van der Waals surface area (Å²) < 4.78 is 12.2. The van der Waals surface area contributed by atoms with Gasteiger partial charge in [0.25, 0.3) is 5.78 Å². The molecule has 0 bridgehead atoms. The average molecular weight is 499 g/mol. The minimum Gasteiger partial charge on any atom is -0.507 e. The highest BCUT2D eigenvalue weighted by molar-refractivity contribution is 7.22. The monoisotopic (exact) mass is 498 g/mol. The van der Waals surface area contributed by atoms with Crippen LogP contribution in [0, 0.1) is 13.8 Å². The molecule has 3 aromatic carbocycles. The second-order valence-corrected chi connectivity index (χ2v) is 9.87. The first-order chi connectivity index (χ1) is 17.4. The summed E-state index contributed by atoms with van der Waals surface area (Å²) >= 11 is 1.36. The van der Waals surface area contributed by atoms with Crippen LogP contribution in [0.3, 0.4) is 0 Å². The molecule has 0 saturated carbocycles. The molecule has 1 aromatic heterocycles. The van der Waals surface area contributed by atoms with Crippen LogP contribution in [-0.4, -0.2) is 35.0 Å². The quantitative estimate of drug-likeness (QED) is 0.234. The minimum atomic E-state index is -0.832. The van der Waals surface area contributed by atoms with Crippen molar-refractivity contribution < 1.29 is 24.2 Å². The lowest BCUT2D eigenvalue weighted by atomic mass is 9.95. The summed E-state index contributed by atoms with van der Waals surface area (Å²) in [5.41, 5.74) is 3.96. The molecule has 1 atom stereocenters. The summed E-state index contributed by atoms with van der Waals surface area (Å²) in [6.45, 7) is 4.82. The molecule has 1 N–H and O–H groups in total. The van der Waals surface area contributed by atoms with E-state index in [1.165, 1.54) is 16.2 Å². The number of ketones is 1. The number of thiazole rings is 1. The Morgan fingerprint density at radius 3 is 2.53 bits per heavy atom. The van der Waals surface area contributed by atoms with E-state index in [9.17, 15) is 14.7 Å². The number of fused-ring (bicyclic) bond motifs is 2. The summed E-state index contributed by atoms with van der Waals surface area (Å²) in [5, 5.41) is 11.8. The van der Waals surface area contributed by atoms with Crippen molar-refractivity contribution in [3.8, 4) is 11.5 Å². The third-order valence-electron chi connectivity index (χ3n) is 6.40. The van der Waals surface area contributed by atoms with Crippen LogP contribution in [0.4, 0.5) is 5.13 Å². The first-order valence-corrected chi connectivity index (χ1v) is 12.4. The molecular weight excluding hydrogens is 476 g/mol. The number of aromatic nitrogens is 1. The Kier molecular flexibility index (Phi) is 5.26. The largest absolute Gasteiger partial charge is 0.507 e. The third-order valence-corrected chi connectivity index (χ3v) is 7.40. The molecule has 3 heterocycles. The highest BCUT2D eigenvalue weighted by atomic mass is 32.1. The number of aryl methyl sites for hydroxylation is 2. The molecule has 1 amide bonds. The zero-order chi connectivity index (χ0) is 25.0. The van der Waals surface area contributed by atoms with Crippen LogP contribution in [0.15, 0.2) is 66.2 Å². The third kappa shape index (κ3) is 3.53. The highest BCUT2D eigenvalue weighted by Gasteiger charge is 2.48. The number of amides is 1. The zero-order valence-electron chi connectivity index (χ0n) is 19.6. The Hall–Kier alpha value is -4.17. The predicted molar refractivity (Wildman–Crippen MR) is 138 cm³/mol. The second-order valence-electron chi connectivity index (χ2n) is 8.86. The summed E-state index contributed by atoms with van der Waals surface area (Å²) in [7, 11) is 0. The van der Waals surface area contributed by atoms with E-state index < -0.39 is 17.7 Å². The number of anilines is 1. The molecular formula is C28H22N2O5S. The summed E-state index contributed by atoms with van der Waals surface area (Å²) in [4.78, 5) is 33.0. The van der Waals surface area contributed by atoms with Crippen LogP contribution in [-0.2, 0) is 9.59 Å². The van der Waals surface area contributed by atoms with Gasteiger partial charge in [0, 0.05) is 5.56 Å². The van der Waals surface area contributed by atoms with Crippen LogP contribution >= 0.6 is 11.3 Å². The fraction of sp³-hybridized carbons (Fsp3) is 0.179. The maximum absolute atomic E-state index is 13.5. The minimum absolute atomic E-state index is 0.00929. The fourth-order valence-electron chi connectivity index (χ4n) is 4.79. The molecule has 0 unspecified atom stereocenters. The molecule has 8 heteroatoms. The lowest BCUT2D eigenvalue weighted by Gasteiger charge is -2.23. The number of aliphatic hydroxyl groups is 1. The molecule has 180 valence electrons. The van der Waals surface area contributed by atoms with Gasteiger partial charge in [-0.05, 0) is 54.8 Å². The molecule has 6 rings (SSSR count). The molecule has 1 saturated heterocycles. The first-order valence-electron chi connectivity index (χ1n) is 11.6.